The third-order valence-electron chi connectivity index (χ3n) is 0.753. The van der Waals surface area contributed by atoms with Crippen LogP contribution in [0.2, 0.25) is 0 Å². The maximum Gasteiger partial charge on any atom is 0.332 e. The second-order valence-corrected chi connectivity index (χ2v) is 1.72. The first-order valence-corrected chi connectivity index (χ1v) is 2.91. The van der Waals surface area contributed by atoms with Gasteiger partial charge in [-0.1, -0.05) is 0 Å². The Morgan fingerprint density at radius 2 is 2.27 bits per heavy atom. The molecule has 0 bridgehead atoms. The van der Waals surface area contributed by atoms with Crippen LogP contribution in [0.1, 0.15) is 12.8 Å². The lowest BCUT2D eigenvalue weighted by atomic mass is 10.3. The summed E-state index contributed by atoms with van der Waals surface area (Å²) in [5.41, 5.74) is 6.59. The number of carboxylic acids is 1. The van der Waals surface area contributed by atoms with Crippen LogP contribution in [0.4, 0.5) is 4.79 Å². The Morgan fingerprint density at radius 3 is 2.73 bits per heavy atom. The summed E-state index contributed by atoms with van der Waals surface area (Å²) in [6, 6.07) is -0.767. The van der Waals surface area contributed by atoms with Gasteiger partial charge in [0.1, 0.15) is 0 Å². The van der Waals surface area contributed by atoms with Gasteiger partial charge in [0.15, 0.2) is 0 Å². The van der Waals surface area contributed by atoms with Crippen molar-refractivity contribution in [3.05, 3.63) is 0 Å². The number of hydrazone groups is 1. The van der Waals surface area contributed by atoms with Crippen molar-refractivity contribution in [3.8, 4) is 0 Å². The first-order valence-electron chi connectivity index (χ1n) is 2.91. The van der Waals surface area contributed by atoms with Gasteiger partial charge in [0, 0.05) is 6.21 Å². The molecule has 0 rings (SSSR count). The van der Waals surface area contributed by atoms with Gasteiger partial charge in [0.05, 0.1) is 6.42 Å². The van der Waals surface area contributed by atoms with E-state index in [0.717, 1.165) is 0 Å². The number of nitrogens with one attached hydrogen (secondary N) is 1. The van der Waals surface area contributed by atoms with E-state index < -0.39 is 12.0 Å². The SMILES string of the molecule is NC(=O)NN=CCCC(=O)O. The highest BCUT2D eigenvalue weighted by Gasteiger charge is 1.92. The van der Waals surface area contributed by atoms with Crippen molar-refractivity contribution in [1.82, 2.24) is 5.43 Å². The van der Waals surface area contributed by atoms with E-state index in [0.29, 0.717) is 0 Å². The predicted molar refractivity (Wildman–Crippen MR) is 38.1 cm³/mol. The molecule has 0 radical (unpaired) electrons. The summed E-state index contributed by atoms with van der Waals surface area (Å²) in [5.74, 6) is -0.907. The fourth-order valence-corrected chi connectivity index (χ4v) is 0.362. The Labute approximate surface area is 63.1 Å². The lowest BCUT2D eigenvalue weighted by Crippen LogP contribution is -2.24. The van der Waals surface area contributed by atoms with Crippen molar-refractivity contribution in [1.29, 1.82) is 0 Å². The zero-order chi connectivity index (χ0) is 8.69. The van der Waals surface area contributed by atoms with E-state index >= 15 is 0 Å². The summed E-state index contributed by atoms with van der Waals surface area (Å²) < 4.78 is 0. The van der Waals surface area contributed by atoms with Gasteiger partial charge in [0.2, 0.25) is 0 Å². The number of rotatable bonds is 4. The van der Waals surface area contributed by atoms with Crippen LogP contribution in [0.15, 0.2) is 5.10 Å². The van der Waals surface area contributed by atoms with Gasteiger partial charge in [-0.25, -0.2) is 10.2 Å². The van der Waals surface area contributed by atoms with Gasteiger partial charge in [0.25, 0.3) is 0 Å². The molecule has 0 aliphatic carbocycles. The second-order valence-electron chi connectivity index (χ2n) is 1.72. The molecule has 0 heterocycles. The van der Waals surface area contributed by atoms with Gasteiger partial charge in [-0.05, 0) is 6.42 Å². The summed E-state index contributed by atoms with van der Waals surface area (Å²) in [6.45, 7) is 0. The highest BCUT2D eigenvalue weighted by atomic mass is 16.4. The molecule has 0 fully saturated rings. The van der Waals surface area contributed by atoms with Crippen molar-refractivity contribution in [3.63, 3.8) is 0 Å². The zero-order valence-electron chi connectivity index (χ0n) is 5.78. The minimum Gasteiger partial charge on any atom is -0.481 e. The smallest absolute Gasteiger partial charge is 0.332 e. The van der Waals surface area contributed by atoms with E-state index in [2.05, 4.69) is 10.8 Å². The molecule has 0 spiro atoms. The number of nitrogens with two attached hydrogens (primary N) is 1. The van der Waals surface area contributed by atoms with Crippen molar-refractivity contribution in [2.45, 2.75) is 12.8 Å². The van der Waals surface area contributed by atoms with E-state index in [1.165, 1.54) is 6.21 Å². The number of nitrogens with zero attached hydrogens (tertiary/aromatic N) is 1. The van der Waals surface area contributed by atoms with Crippen molar-refractivity contribution < 1.29 is 14.7 Å². The summed E-state index contributed by atoms with van der Waals surface area (Å²) in [6.07, 6.45) is 1.54. The van der Waals surface area contributed by atoms with Crippen LogP contribution in [0, 0.1) is 0 Å². The number of carboxylic acid groups (broad SMARTS) is 1. The molecule has 0 saturated heterocycles. The molecule has 0 saturated carbocycles. The molecule has 0 aromatic rings. The van der Waals surface area contributed by atoms with E-state index in [4.69, 9.17) is 5.11 Å². The molecule has 0 aromatic carbocycles. The van der Waals surface area contributed by atoms with Crippen LogP contribution in [0.25, 0.3) is 0 Å². The van der Waals surface area contributed by atoms with Crippen LogP contribution >= 0.6 is 0 Å². The lowest BCUT2D eigenvalue weighted by molar-refractivity contribution is -0.136. The summed E-state index contributed by atoms with van der Waals surface area (Å²) in [5, 5.41) is 11.5. The molecule has 62 valence electrons. The van der Waals surface area contributed by atoms with Crippen molar-refractivity contribution in [2.75, 3.05) is 0 Å². The number of urea groups is 1. The van der Waals surface area contributed by atoms with Crippen molar-refractivity contribution in [2.24, 2.45) is 10.8 Å². The van der Waals surface area contributed by atoms with Crippen LogP contribution in [-0.2, 0) is 4.79 Å². The van der Waals surface area contributed by atoms with Crippen LogP contribution in [0.3, 0.4) is 0 Å². The van der Waals surface area contributed by atoms with Crippen LogP contribution in [0.5, 0.6) is 0 Å². The molecule has 6 heteroatoms. The van der Waals surface area contributed by atoms with Gasteiger partial charge in [-0.3, -0.25) is 4.79 Å². The molecule has 0 unspecified atom stereocenters. The average Bonchev–Trinajstić information content (AvgIpc) is 1.85. The molecule has 6 nitrogen and oxygen atoms in total. The number of carbonyl (C=O) groups excluding carboxylic acids is 1. The molecule has 0 aromatic heterocycles. The highest BCUT2D eigenvalue weighted by molar-refractivity contribution is 5.74. The van der Waals surface area contributed by atoms with Crippen LogP contribution in [-0.4, -0.2) is 23.3 Å². The Kier molecular flexibility index (Phi) is 4.46. The minimum absolute atomic E-state index is 0.00998. The molecule has 2 amide bonds. The first-order chi connectivity index (χ1) is 5.13. The van der Waals surface area contributed by atoms with Crippen molar-refractivity contribution >= 4 is 18.2 Å². The largest absolute Gasteiger partial charge is 0.481 e. The molecule has 0 aliphatic rings. The molecule has 0 aliphatic heterocycles. The Hall–Kier alpha value is -1.59. The monoisotopic (exact) mass is 159 g/mol. The standard InChI is InChI=1S/C5H9N3O3/c6-5(11)8-7-3-1-2-4(9)10/h3H,1-2H2,(H,9,10)(H3,6,8,11). The maximum absolute atomic E-state index is 9.98. The third kappa shape index (κ3) is 8.41. The van der Waals surface area contributed by atoms with Gasteiger partial charge >= 0.3 is 12.0 Å². The quantitative estimate of drug-likeness (QED) is 0.380. The number of hydrogen-bond donors (Lipinski definition) is 3. The van der Waals surface area contributed by atoms with Gasteiger partial charge < -0.3 is 10.8 Å². The lowest BCUT2D eigenvalue weighted by Gasteiger charge is -1.89. The van der Waals surface area contributed by atoms with Crippen LogP contribution < -0.4 is 11.2 Å². The molecule has 4 N–H and O–H groups in total. The van der Waals surface area contributed by atoms with E-state index in [1.54, 1.807) is 0 Å². The molecule has 0 atom stereocenters. The number of hydrogen-bond acceptors (Lipinski definition) is 3. The Balaban J connectivity index is 3.30. The van der Waals surface area contributed by atoms with E-state index in [9.17, 15) is 9.59 Å². The van der Waals surface area contributed by atoms with E-state index in [-0.39, 0.29) is 12.8 Å². The summed E-state index contributed by atoms with van der Waals surface area (Å²) in [4.78, 5) is 19.9. The summed E-state index contributed by atoms with van der Waals surface area (Å²) in [7, 11) is 0. The third-order valence-corrected chi connectivity index (χ3v) is 0.753. The zero-order valence-corrected chi connectivity index (χ0v) is 5.78. The average molecular weight is 159 g/mol. The van der Waals surface area contributed by atoms with Gasteiger partial charge in [-0.15, -0.1) is 0 Å². The van der Waals surface area contributed by atoms with E-state index in [1.807, 2.05) is 5.43 Å². The first kappa shape index (κ1) is 9.41. The number of amides is 2. The summed E-state index contributed by atoms with van der Waals surface area (Å²) >= 11 is 0. The minimum atomic E-state index is -0.907. The Morgan fingerprint density at radius 1 is 1.64 bits per heavy atom. The fraction of sp³-hybridized carbons (Fsp3) is 0.400. The highest BCUT2D eigenvalue weighted by Crippen LogP contribution is 1.82. The van der Waals surface area contributed by atoms with Gasteiger partial charge in [-0.2, -0.15) is 5.10 Å². The second kappa shape index (κ2) is 5.21. The number of carbonyl (C=O) groups is 2. The molecular weight excluding hydrogens is 150 g/mol. The normalized spacial score (nSPS) is 9.82. The number of primary amides is 1. The molecule has 11 heavy (non-hydrogen) atoms. The maximum atomic E-state index is 9.98. The number of aliphatic carboxylic acids is 1. The predicted octanol–water partition coefficient (Wildman–Crippen LogP) is -0.495. The fourth-order valence-electron chi connectivity index (χ4n) is 0.362. The Bertz CT molecular complexity index is 178. The molecular formula is C5H9N3O3. The topological polar surface area (TPSA) is 105 Å².